The Balaban J connectivity index is 1.84. The van der Waals surface area contributed by atoms with E-state index in [-0.39, 0.29) is 6.04 Å². The summed E-state index contributed by atoms with van der Waals surface area (Å²) in [5.41, 5.74) is 8.54. The third-order valence-electron chi connectivity index (χ3n) is 6.71. The zero-order valence-corrected chi connectivity index (χ0v) is 23.3. The maximum Gasteiger partial charge on any atom is 0.128 e. The third-order valence-corrected chi connectivity index (χ3v) is 7.62. The van der Waals surface area contributed by atoms with Crippen LogP contribution in [-0.2, 0) is 0 Å². The van der Waals surface area contributed by atoms with Gasteiger partial charge in [0.1, 0.15) is 16.8 Å². The Morgan fingerprint density at radius 3 is 1.94 bits per heavy atom. The molecule has 0 fully saturated rings. The lowest BCUT2D eigenvalue weighted by Crippen LogP contribution is -2.16. The summed E-state index contributed by atoms with van der Waals surface area (Å²) in [6.07, 6.45) is 0. The van der Waals surface area contributed by atoms with E-state index in [4.69, 9.17) is 9.72 Å². The first-order chi connectivity index (χ1) is 17.3. The van der Waals surface area contributed by atoms with Crippen LogP contribution in [0.4, 0.5) is 5.69 Å². The Labute approximate surface area is 220 Å². The first-order valence-corrected chi connectivity index (χ1v) is 13.8. The predicted molar refractivity (Wildman–Crippen MR) is 155 cm³/mol. The van der Waals surface area contributed by atoms with E-state index in [9.17, 15) is 0 Å². The van der Waals surface area contributed by atoms with Gasteiger partial charge in [-0.3, -0.25) is 0 Å². The molecule has 1 N–H and O–H groups in total. The molecule has 1 atom stereocenters. The number of hydrogen-bond donors (Lipinski definition) is 1. The number of aromatic nitrogens is 1. The minimum atomic E-state index is -0.0560. The van der Waals surface area contributed by atoms with Gasteiger partial charge in [0.15, 0.2) is 0 Å². The van der Waals surface area contributed by atoms with Gasteiger partial charge < -0.3 is 10.1 Å². The van der Waals surface area contributed by atoms with Crippen LogP contribution in [0.2, 0.25) is 0 Å². The lowest BCUT2D eigenvalue weighted by molar-refractivity contribution is 0.416. The van der Waals surface area contributed by atoms with Crippen LogP contribution in [0, 0.1) is 0 Å². The molecule has 1 unspecified atom stereocenters. The van der Waals surface area contributed by atoms with E-state index >= 15 is 0 Å². The summed E-state index contributed by atoms with van der Waals surface area (Å²) < 4.78 is 5.61. The van der Waals surface area contributed by atoms with Crippen molar-refractivity contribution in [3.63, 3.8) is 0 Å². The second-order valence-electron chi connectivity index (χ2n) is 10.3. The third kappa shape index (κ3) is 5.49. The fourth-order valence-electron chi connectivity index (χ4n) is 4.60. The fourth-order valence-corrected chi connectivity index (χ4v) is 5.49. The predicted octanol–water partition coefficient (Wildman–Crippen LogP) is 9.39. The number of anilines is 1. The Morgan fingerprint density at radius 1 is 0.750 bits per heavy atom. The van der Waals surface area contributed by atoms with Crippen LogP contribution in [0.3, 0.4) is 0 Å². The van der Waals surface area contributed by atoms with Crippen LogP contribution >= 0.6 is 11.3 Å². The van der Waals surface area contributed by atoms with Gasteiger partial charge in [-0.2, -0.15) is 0 Å². The molecule has 188 valence electrons. The molecule has 0 saturated carbocycles. The highest BCUT2D eigenvalue weighted by Gasteiger charge is 2.24. The van der Waals surface area contributed by atoms with Gasteiger partial charge in [0.25, 0.3) is 0 Å². The summed E-state index contributed by atoms with van der Waals surface area (Å²) in [7, 11) is 1.71. The van der Waals surface area contributed by atoms with Gasteiger partial charge in [-0.05, 0) is 52.1 Å². The quantitative estimate of drug-likeness (QED) is 0.249. The summed E-state index contributed by atoms with van der Waals surface area (Å²) >= 11 is 1.69. The molecule has 0 spiro atoms. The Hall–Kier alpha value is -3.11. The van der Waals surface area contributed by atoms with Crippen molar-refractivity contribution in [1.82, 2.24) is 4.98 Å². The molecule has 0 aliphatic carbocycles. The molecule has 3 aromatic carbocycles. The lowest BCUT2D eigenvalue weighted by Gasteiger charge is -2.27. The van der Waals surface area contributed by atoms with Gasteiger partial charge in [-0.25, -0.2) is 4.98 Å². The summed E-state index contributed by atoms with van der Waals surface area (Å²) in [6, 6.07) is 23.5. The monoisotopic (exact) mass is 498 g/mol. The largest absolute Gasteiger partial charge is 0.496 e. The summed E-state index contributed by atoms with van der Waals surface area (Å²) in [5.74, 6) is 2.13. The number of thiazole rings is 1. The van der Waals surface area contributed by atoms with E-state index in [0.29, 0.717) is 17.8 Å². The van der Waals surface area contributed by atoms with Crippen molar-refractivity contribution in [2.75, 3.05) is 12.4 Å². The maximum atomic E-state index is 5.61. The smallest absolute Gasteiger partial charge is 0.128 e. The highest BCUT2D eigenvalue weighted by molar-refractivity contribution is 7.10. The van der Waals surface area contributed by atoms with Crippen LogP contribution in [0.25, 0.3) is 11.3 Å². The number of hydrogen-bond acceptors (Lipinski definition) is 4. The van der Waals surface area contributed by atoms with E-state index in [2.05, 4.69) is 101 Å². The molecule has 1 heterocycles. The van der Waals surface area contributed by atoms with Crippen LogP contribution < -0.4 is 10.1 Å². The molecule has 1 aromatic heterocycles. The minimum absolute atomic E-state index is 0.0560. The molecule has 0 amide bonds. The first kappa shape index (κ1) is 26.0. The first-order valence-electron chi connectivity index (χ1n) is 12.9. The average molecular weight is 499 g/mol. The van der Waals surface area contributed by atoms with Crippen molar-refractivity contribution in [3.8, 4) is 17.0 Å². The van der Waals surface area contributed by atoms with Crippen LogP contribution in [-0.4, -0.2) is 12.1 Å². The number of nitrogens with one attached hydrogen (secondary N) is 1. The summed E-state index contributed by atoms with van der Waals surface area (Å²) in [5, 5.41) is 7.17. The topological polar surface area (TPSA) is 34.1 Å². The molecule has 4 rings (SSSR count). The molecule has 4 aromatic rings. The molecule has 0 aliphatic rings. The minimum Gasteiger partial charge on any atom is -0.496 e. The Morgan fingerprint density at radius 2 is 1.36 bits per heavy atom. The summed E-state index contributed by atoms with van der Waals surface area (Å²) in [4.78, 5) is 5.13. The highest BCUT2D eigenvalue weighted by atomic mass is 32.1. The van der Waals surface area contributed by atoms with Crippen molar-refractivity contribution < 1.29 is 4.74 Å². The number of para-hydroxylation sites is 1. The van der Waals surface area contributed by atoms with Gasteiger partial charge in [0.05, 0.1) is 12.8 Å². The van der Waals surface area contributed by atoms with Gasteiger partial charge in [0, 0.05) is 16.6 Å². The lowest BCUT2D eigenvalue weighted by atomic mass is 9.87. The Bertz CT molecular complexity index is 1260. The van der Waals surface area contributed by atoms with Crippen molar-refractivity contribution in [3.05, 3.63) is 99.4 Å². The molecule has 0 radical (unpaired) electrons. The number of nitrogens with zero attached hydrogens (tertiary/aromatic N) is 1. The van der Waals surface area contributed by atoms with Gasteiger partial charge in [-0.15, -0.1) is 11.3 Å². The van der Waals surface area contributed by atoms with E-state index in [1.54, 1.807) is 18.4 Å². The number of ether oxygens (including phenoxy) is 1. The fraction of sp³-hybridized carbons (Fsp3) is 0.344. The molecule has 0 bridgehead atoms. The number of rotatable bonds is 9. The van der Waals surface area contributed by atoms with Crippen LogP contribution in [0.15, 0.2) is 72.1 Å². The zero-order valence-electron chi connectivity index (χ0n) is 22.5. The highest BCUT2D eigenvalue weighted by Crippen LogP contribution is 2.40. The van der Waals surface area contributed by atoms with Gasteiger partial charge in [-0.1, -0.05) is 96.1 Å². The van der Waals surface area contributed by atoms with E-state index in [1.165, 1.54) is 27.9 Å². The SMILES string of the molecule is COc1ccccc1-c1csc(C(Nc2c(C(C)C)cc(C(C)C)cc2C(C)C)c2ccccc2)n1. The molecular weight excluding hydrogens is 460 g/mol. The number of methoxy groups -OCH3 is 1. The van der Waals surface area contributed by atoms with Crippen molar-refractivity contribution >= 4 is 17.0 Å². The van der Waals surface area contributed by atoms with Crippen molar-refractivity contribution in [2.24, 2.45) is 0 Å². The maximum absolute atomic E-state index is 5.61. The average Bonchev–Trinajstić information content (AvgIpc) is 3.36. The molecular formula is C32H38N2OS. The Kier molecular flexibility index (Phi) is 8.15. The van der Waals surface area contributed by atoms with E-state index in [1.807, 2.05) is 18.2 Å². The normalized spacial score (nSPS) is 12.4. The van der Waals surface area contributed by atoms with E-state index in [0.717, 1.165) is 22.0 Å². The second-order valence-corrected chi connectivity index (χ2v) is 11.2. The van der Waals surface area contributed by atoms with Gasteiger partial charge in [0.2, 0.25) is 0 Å². The van der Waals surface area contributed by atoms with Crippen LogP contribution in [0.1, 0.15) is 92.6 Å². The molecule has 3 nitrogen and oxygen atoms in total. The standard InChI is InChI=1S/C32H38N2OS/c1-20(2)24-17-26(21(3)4)31(27(18-24)22(5)6)34-30(23-13-9-8-10-14-23)32-33-28(19-36-32)25-15-11-12-16-29(25)35-7/h8-22,30,34H,1-7H3. The summed E-state index contributed by atoms with van der Waals surface area (Å²) in [6.45, 7) is 13.7. The second kappa shape index (κ2) is 11.3. The van der Waals surface area contributed by atoms with E-state index < -0.39 is 0 Å². The molecule has 0 aliphatic heterocycles. The number of benzene rings is 3. The van der Waals surface area contributed by atoms with Crippen molar-refractivity contribution in [1.29, 1.82) is 0 Å². The van der Waals surface area contributed by atoms with Gasteiger partial charge >= 0.3 is 0 Å². The molecule has 4 heteroatoms. The zero-order chi connectivity index (χ0) is 25.8. The molecule has 36 heavy (non-hydrogen) atoms. The van der Waals surface area contributed by atoms with Crippen molar-refractivity contribution in [2.45, 2.75) is 65.3 Å². The molecule has 0 saturated heterocycles. The van der Waals surface area contributed by atoms with Crippen LogP contribution in [0.5, 0.6) is 5.75 Å².